The molecule has 0 unspecified atom stereocenters. The fraction of sp³-hybridized carbons (Fsp3) is 0.167. The average molecular weight is 310 g/mol. The Balaban J connectivity index is 2.43. The number of nitrogen functional groups attached to an aromatic ring is 1. The van der Waals surface area contributed by atoms with Gasteiger partial charge in [-0.05, 0) is 18.2 Å². The van der Waals surface area contributed by atoms with E-state index in [0.29, 0.717) is 11.4 Å². The Morgan fingerprint density at radius 1 is 1.56 bits per heavy atom. The summed E-state index contributed by atoms with van der Waals surface area (Å²) in [6.45, 7) is 0.0618. The fourth-order valence-corrected chi connectivity index (χ4v) is 1.97. The molecule has 2 rings (SSSR count). The number of methoxy groups -OCH3 is 1. The Morgan fingerprint density at radius 2 is 2.33 bits per heavy atom. The summed E-state index contributed by atoms with van der Waals surface area (Å²) in [5.74, 6) is -0.352. The maximum Gasteiger partial charge on any atom is 0.325 e. The first-order valence-electron chi connectivity index (χ1n) is 5.26. The van der Waals surface area contributed by atoms with E-state index in [4.69, 9.17) is 5.73 Å². The van der Waals surface area contributed by atoms with Crippen molar-refractivity contribution in [2.45, 2.75) is 0 Å². The maximum absolute atomic E-state index is 11.1. The summed E-state index contributed by atoms with van der Waals surface area (Å²) in [4.78, 5) is 15.4. The number of ether oxygens (including phenoxy) is 1. The lowest BCUT2D eigenvalue weighted by Crippen LogP contribution is -2.16. The third kappa shape index (κ3) is 2.53. The van der Waals surface area contributed by atoms with Crippen LogP contribution < -0.4 is 11.1 Å². The van der Waals surface area contributed by atoms with Gasteiger partial charge in [-0.2, -0.15) is 0 Å². The molecule has 94 valence electrons. The van der Waals surface area contributed by atoms with Gasteiger partial charge in [0.25, 0.3) is 0 Å². The molecule has 0 aliphatic carbocycles. The number of anilines is 2. The number of hydrogen-bond donors (Lipinski definition) is 2. The lowest BCUT2D eigenvalue weighted by molar-refractivity contribution is -0.138. The van der Waals surface area contributed by atoms with Crippen LogP contribution in [-0.2, 0) is 9.53 Å². The molecule has 3 N–H and O–H groups in total. The van der Waals surface area contributed by atoms with Crippen molar-refractivity contribution < 1.29 is 9.53 Å². The molecule has 6 heteroatoms. The highest BCUT2D eigenvalue weighted by atomic mass is 79.9. The molecule has 0 spiro atoms. The standard InChI is InChI=1S/C12H12BrN3O2/c1-18-11(17)6-16-12-8-4-7(13)2-3-10(8)15-5-9(12)14/h2-5H,6,14H2,1H3,(H,15,16). The normalized spacial score (nSPS) is 10.3. The molecule has 0 fully saturated rings. The Morgan fingerprint density at radius 3 is 3.06 bits per heavy atom. The van der Waals surface area contributed by atoms with Crippen molar-refractivity contribution in [2.75, 3.05) is 24.7 Å². The number of carbonyl (C=O) groups excluding carboxylic acids is 1. The van der Waals surface area contributed by atoms with Gasteiger partial charge >= 0.3 is 5.97 Å². The van der Waals surface area contributed by atoms with Crippen LogP contribution in [0.2, 0.25) is 0 Å². The van der Waals surface area contributed by atoms with Crippen molar-refractivity contribution in [1.29, 1.82) is 0 Å². The predicted octanol–water partition coefficient (Wildman–Crippen LogP) is 2.16. The highest BCUT2D eigenvalue weighted by molar-refractivity contribution is 9.10. The van der Waals surface area contributed by atoms with E-state index >= 15 is 0 Å². The van der Waals surface area contributed by atoms with Crippen LogP contribution in [0.25, 0.3) is 10.9 Å². The number of hydrogen-bond acceptors (Lipinski definition) is 5. The van der Waals surface area contributed by atoms with Crippen LogP contribution in [0.5, 0.6) is 0 Å². The number of pyridine rings is 1. The van der Waals surface area contributed by atoms with Crippen molar-refractivity contribution in [1.82, 2.24) is 4.98 Å². The van der Waals surface area contributed by atoms with E-state index in [0.717, 1.165) is 15.4 Å². The minimum atomic E-state index is -0.352. The van der Waals surface area contributed by atoms with Gasteiger partial charge in [0.15, 0.2) is 0 Å². The summed E-state index contributed by atoms with van der Waals surface area (Å²) < 4.78 is 5.50. The van der Waals surface area contributed by atoms with E-state index in [2.05, 4.69) is 31.0 Å². The third-order valence-corrected chi connectivity index (χ3v) is 2.99. The van der Waals surface area contributed by atoms with Gasteiger partial charge in [-0.3, -0.25) is 9.78 Å². The van der Waals surface area contributed by atoms with E-state index in [1.54, 1.807) is 6.20 Å². The Labute approximate surface area is 112 Å². The van der Waals surface area contributed by atoms with Crippen LogP contribution >= 0.6 is 15.9 Å². The first-order valence-corrected chi connectivity index (χ1v) is 6.05. The summed E-state index contributed by atoms with van der Waals surface area (Å²) in [5, 5.41) is 3.83. The molecule has 1 aromatic carbocycles. The molecule has 0 aliphatic rings. The number of rotatable bonds is 3. The lowest BCUT2D eigenvalue weighted by atomic mass is 10.1. The van der Waals surface area contributed by atoms with Crippen LogP contribution in [-0.4, -0.2) is 24.6 Å². The summed E-state index contributed by atoms with van der Waals surface area (Å²) in [6.07, 6.45) is 1.57. The molecule has 0 amide bonds. The second kappa shape index (κ2) is 5.22. The Hall–Kier alpha value is -1.82. The second-order valence-electron chi connectivity index (χ2n) is 3.68. The first kappa shape index (κ1) is 12.6. The van der Waals surface area contributed by atoms with Gasteiger partial charge in [0, 0.05) is 9.86 Å². The number of nitrogens with one attached hydrogen (secondary N) is 1. The summed E-state index contributed by atoms with van der Waals surface area (Å²) in [7, 11) is 1.34. The predicted molar refractivity (Wildman–Crippen MR) is 74.4 cm³/mol. The quantitative estimate of drug-likeness (QED) is 0.850. The number of aromatic nitrogens is 1. The average Bonchev–Trinajstić information content (AvgIpc) is 2.37. The molecule has 0 atom stereocenters. The molecule has 0 saturated carbocycles. The topological polar surface area (TPSA) is 77.2 Å². The lowest BCUT2D eigenvalue weighted by Gasteiger charge is -2.11. The third-order valence-electron chi connectivity index (χ3n) is 2.50. The molecular formula is C12H12BrN3O2. The van der Waals surface area contributed by atoms with Crippen LogP contribution in [0, 0.1) is 0 Å². The highest BCUT2D eigenvalue weighted by Crippen LogP contribution is 2.29. The van der Waals surface area contributed by atoms with Gasteiger partial charge in [-0.1, -0.05) is 15.9 Å². The van der Waals surface area contributed by atoms with Gasteiger partial charge in [0.2, 0.25) is 0 Å². The van der Waals surface area contributed by atoms with Crippen molar-refractivity contribution >= 4 is 44.2 Å². The largest absolute Gasteiger partial charge is 0.468 e. The smallest absolute Gasteiger partial charge is 0.325 e. The van der Waals surface area contributed by atoms with Crippen molar-refractivity contribution in [3.05, 3.63) is 28.9 Å². The van der Waals surface area contributed by atoms with E-state index < -0.39 is 0 Å². The molecular weight excluding hydrogens is 298 g/mol. The zero-order valence-electron chi connectivity index (χ0n) is 9.74. The van der Waals surface area contributed by atoms with Crippen molar-refractivity contribution in [3.8, 4) is 0 Å². The molecule has 18 heavy (non-hydrogen) atoms. The van der Waals surface area contributed by atoms with Crippen LogP contribution in [0.1, 0.15) is 0 Å². The molecule has 0 bridgehead atoms. The second-order valence-corrected chi connectivity index (χ2v) is 4.60. The van der Waals surface area contributed by atoms with Gasteiger partial charge in [-0.25, -0.2) is 0 Å². The Bertz CT molecular complexity index is 596. The van der Waals surface area contributed by atoms with Crippen LogP contribution in [0.4, 0.5) is 11.4 Å². The van der Waals surface area contributed by atoms with E-state index in [1.165, 1.54) is 7.11 Å². The van der Waals surface area contributed by atoms with E-state index in [-0.39, 0.29) is 12.5 Å². The molecule has 1 aromatic heterocycles. The molecule has 0 saturated heterocycles. The number of esters is 1. The molecule has 5 nitrogen and oxygen atoms in total. The SMILES string of the molecule is COC(=O)CNc1c(N)cnc2ccc(Br)cc12. The van der Waals surface area contributed by atoms with Gasteiger partial charge in [0.05, 0.1) is 30.2 Å². The number of fused-ring (bicyclic) bond motifs is 1. The van der Waals surface area contributed by atoms with Crippen molar-refractivity contribution in [2.24, 2.45) is 0 Å². The van der Waals surface area contributed by atoms with Crippen molar-refractivity contribution in [3.63, 3.8) is 0 Å². The van der Waals surface area contributed by atoms with Gasteiger partial charge in [0.1, 0.15) is 6.54 Å². The monoisotopic (exact) mass is 309 g/mol. The summed E-state index contributed by atoms with van der Waals surface area (Å²) >= 11 is 3.40. The van der Waals surface area contributed by atoms with Gasteiger partial charge in [-0.15, -0.1) is 0 Å². The molecule has 0 aliphatic heterocycles. The first-order chi connectivity index (χ1) is 8.61. The summed E-state index contributed by atoms with van der Waals surface area (Å²) in [6, 6.07) is 5.68. The minimum absolute atomic E-state index is 0.0618. The maximum atomic E-state index is 11.1. The minimum Gasteiger partial charge on any atom is -0.468 e. The molecule has 2 aromatic rings. The van der Waals surface area contributed by atoms with E-state index in [9.17, 15) is 4.79 Å². The number of carbonyl (C=O) groups is 1. The fourth-order valence-electron chi connectivity index (χ4n) is 1.61. The zero-order valence-corrected chi connectivity index (χ0v) is 11.3. The number of halogens is 1. The van der Waals surface area contributed by atoms with Crippen LogP contribution in [0.3, 0.4) is 0 Å². The number of nitrogens with zero attached hydrogens (tertiary/aromatic N) is 1. The van der Waals surface area contributed by atoms with Gasteiger partial charge < -0.3 is 15.8 Å². The summed E-state index contributed by atoms with van der Waals surface area (Å²) in [5.41, 5.74) is 7.85. The number of nitrogens with two attached hydrogens (primary N) is 1. The van der Waals surface area contributed by atoms with E-state index in [1.807, 2.05) is 18.2 Å². The molecule has 0 radical (unpaired) electrons. The zero-order chi connectivity index (χ0) is 13.1. The molecule has 1 heterocycles. The van der Waals surface area contributed by atoms with Crippen LogP contribution in [0.15, 0.2) is 28.9 Å². The highest BCUT2D eigenvalue weighted by Gasteiger charge is 2.08. The number of benzene rings is 1. The Kier molecular flexibility index (Phi) is 3.66.